The second kappa shape index (κ2) is 4.49. The van der Waals surface area contributed by atoms with Gasteiger partial charge in [-0.3, -0.25) is 0 Å². The Morgan fingerprint density at radius 1 is 1.36 bits per heavy atom. The molecule has 0 radical (unpaired) electrons. The monoisotopic (exact) mass is 194 g/mol. The molecule has 1 aliphatic carbocycles. The summed E-state index contributed by atoms with van der Waals surface area (Å²) in [7, 11) is 0. The van der Waals surface area contributed by atoms with Crippen molar-refractivity contribution in [1.82, 2.24) is 4.98 Å². The minimum Gasteiger partial charge on any atom is -0.429 e. The summed E-state index contributed by atoms with van der Waals surface area (Å²) < 4.78 is 5.24. The van der Waals surface area contributed by atoms with E-state index in [-0.39, 0.29) is 0 Å². The number of aryl methyl sites for hydroxylation is 1. The van der Waals surface area contributed by atoms with Crippen LogP contribution in [-0.2, 0) is 6.42 Å². The van der Waals surface area contributed by atoms with Crippen LogP contribution in [0, 0.1) is 5.92 Å². The van der Waals surface area contributed by atoms with Crippen LogP contribution in [0.15, 0.2) is 10.6 Å². The Morgan fingerprint density at radius 3 is 2.79 bits per heavy atom. The largest absolute Gasteiger partial charge is 0.429 e. The van der Waals surface area contributed by atoms with Crippen LogP contribution in [-0.4, -0.2) is 4.98 Å². The molecule has 1 saturated carbocycles. The SMILES string of the molecule is Nc1ncc(CCC2CCCCC2)o1. The van der Waals surface area contributed by atoms with E-state index in [0.29, 0.717) is 6.01 Å². The minimum absolute atomic E-state index is 0.295. The lowest BCUT2D eigenvalue weighted by atomic mass is 9.86. The zero-order valence-corrected chi connectivity index (χ0v) is 8.54. The fourth-order valence-electron chi connectivity index (χ4n) is 2.26. The zero-order valence-electron chi connectivity index (χ0n) is 8.54. The lowest BCUT2D eigenvalue weighted by molar-refractivity contribution is 0.331. The van der Waals surface area contributed by atoms with Crippen LogP contribution in [0.4, 0.5) is 6.01 Å². The van der Waals surface area contributed by atoms with Crippen molar-refractivity contribution in [3.8, 4) is 0 Å². The number of hydrogen-bond acceptors (Lipinski definition) is 3. The van der Waals surface area contributed by atoms with E-state index in [1.165, 1.54) is 38.5 Å². The highest BCUT2D eigenvalue weighted by atomic mass is 16.4. The van der Waals surface area contributed by atoms with Gasteiger partial charge in [-0.1, -0.05) is 32.1 Å². The van der Waals surface area contributed by atoms with E-state index in [2.05, 4.69) is 4.98 Å². The van der Waals surface area contributed by atoms with Crippen LogP contribution >= 0.6 is 0 Å². The van der Waals surface area contributed by atoms with E-state index in [1.54, 1.807) is 6.20 Å². The van der Waals surface area contributed by atoms with Crippen molar-refractivity contribution in [2.45, 2.75) is 44.9 Å². The molecule has 0 aromatic carbocycles. The second-order valence-corrected chi connectivity index (χ2v) is 4.21. The van der Waals surface area contributed by atoms with Crippen LogP contribution in [0.1, 0.15) is 44.3 Å². The number of nitrogens with zero attached hydrogens (tertiary/aromatic N) is 1. The molecule has 0 bridgehead atoms. The number of rotatable bonds is 3. The van der Waals surface area contributed by atoms with Gasteiger partial charge in [-0.05, 0) is 12.3 Å². The van der Waals surface area contributed by atoms with Crippen molar-refractivity contribution >= 4 is 6.01 Å². The molecule has 78 valence electrons. The van der Waals surface area contributed by atoms with Gasteiger partial charge in [-0.2, -0.15) is 0 Å². The molecule has 14 heavy (non-hydrogen) atoms. The quantitative estimate of drug-likeness (QED) is 0.805. The van der Waals surface area contributed by atoms with Crippen molar-refractivity contribution < 1.29 is 4.42 Å². The highest BCUT2D eigenvalue weighted by Crippen LogP contribution is 2.27. The van der Waals surface area contributed by atoms with Gasteiger partial charge < -0.3 is 10.2 Å². The van der Waals surface area contributed by atoms with Gasteiger partial charge in [0.2, 0.25) is 0 Å². The van der Waals surface area contributed by atoms with E-state index in [1.807, 2.05) is 0 Å². The molecule has 0 unspecified atom stereocenters. The normalized spacial score (nSPS) is 18.6. The molecule has 3 nitrogen and oxygen atoms in total. The summed E-state index contributed by atoms with van der Waals surface area (Å²) in [5, 5.41) is 0. The molecular formula is C11H18N2O. The Labute approximate surface area is 84.7 Å². The average molecular weight is 194 g/mol. The lowest BCUT2D eigenvalue weighted by Crippen LogP contribution is -2.06. The van der Waals surface area contributed by atoms with E-state index >= 15 is 0 Å². The van der Waals surface area contributed by atoms with E-state index in [9.17, 15) is 0 Å². The Balaban J connectivity index is 1.76. The number of anilines is 1. The molecule has 0 saturated heterocycles. The fourth-order valence-corrected chi connectivity index (χ4v) is 2.26. The maximum atomic E-state index is 5.41. The first-order valence-corrected chi connectivity index (χ1v) is 5.55. The summed E-state index contributed by atoms with van der Waals surface area (Å²) in [5.74, 6) is 1.84. The van der Waals surface area contributed by atoms with Gasteiger partial charge in [0.05, 0.1) is 6.20 Å². The Bertz CT molecular complexity index is 277. The highest BCUT2D eigenvalue weighted by Gasteiger charge is 2.13. The molecular weight excluding hydrogens is 176 g/mol. The maximum absolute atomic E-state index is 5.41. The van der Waals surface area contributed by atoms with Crippen molar-refractivity contribution in [3.05, 3.63) is 12.0 Å². The third kappa shape index (κ3) is 2.50. The summed E-state index contributed by atoms with van der Waals surface area (Å²) in [6.45, 7) is 0. The molecule has 1 fully saturated rings. The summed E-state index contributed by atoms with van der Waals surface area (Å²) in [5.41, 5.74) is 5.41. The number of hydrogen-bond donors (Lipinski definition) is 1. The molecule has 2 rings (SSSR count). The van der Waals surface area contributed by atoms with Crippen LogP contribution in [0.3, 0.4) is 0 Å². The van der Waals surface area contributed by atoms with Gasteiger partial charge in [-0.25, -0.2) is 4.98 Å². The summed E-state index contributed by atoms with van der Waals surface area (Å²) >= 11 is 0. The minimum atomic E-state index is 0.295. The lowest BCUT2D eigenvalue weighted by Gasteiger charge is -2.20. The molecule has 3 heteroatoms. The van der Waals surface area contributed by atoms with Gasteiger partial charge in [0.15, 0.2) is 0 Å². The third-order valence-corrected chi connectivity index (χ3v) is 3.10. The van der Waals surface area contributed by atoms with E-state index < -0.39 is 0 Å². The average Bonchev–Trinajstić information content (AvgIpc) is 2.63. The molecule has 0 amide bonds. The van der Waals surface area contributed by atoms with E-state index in [4.69, 9.17) is 10.2 Å². The fraction of sp³-hybridized carbons (Fsp3) is 0.727. The summed E-state index contributed by atoms with van der Waals surface area (Å²) in [4.78, 5) is 3.89. The van der Waals surface area contributed by atoms with Crippen LogP contribution < -0.4 is 5.73 Å². The van der Waals surface area contributed by atoms with Gasteiger partial charge >= 0.3 is 0 Å². The zero-order chi connectivity index (χ0) is 9.80. The molecule has 0 atom stereocenters. The Kier molecular flexibility index (Phi) is 3.07. The predicted octanol–water partition coefficient (Wildman–Crippen LogP) is 2.77. The first-order chi connectivity index (χ1) is 6.84. The van der Waals surface area contributed by atoms with E-state index in [0.717, 1.165) is 18.1 Å². The highest BCUT2D eigenvalue weighted by molar-refractivity contribution is 5.10. The Morgan fingerprint density at radius 2 is 2.14 bits per heavy atom. The summed E-state index contributed by atoms with van der Waals surface area (Å²) in [6.07, 6.45) is 11.0. The Hall–Kier alpha value is -0.990. The first-order valence-electron chi connectivity index (χ1n) is 5.55. The molecule has 1 heterocycles. The van der Waals surface area contributed by atoms with Crippen molar-refractivity contribution in [2.75, 3.05) is 5.73 Å². The number of oxazole rings is 1. The first kappa shape index (κ1) is 9.56. The van der Waals surface area contributed by atoms with Crippen molar-refractivity contribution in [2.24, 2.45) is 5.92 Å². The van der Waals surface area contributed by atoms with Gasteiger partial charge in [-0.15, -0.1) is 0 Å². The number of aromatic nitrogens is 1. The predicted molar refractivity (Wildman–Crippen MR) is 55.8 cm³/mol. The maximum Gasteiger partial charge on any atom is 0.292 e. The van der Waals surface area contributed by atoms with Crippen molar-refractivity contribution in [3.63, 3.8) is 0 Å². The molecule has 0 aliphatic heterocycles. The molecule has 0 spiro atoms. The summed E-state index contributed by atoms with van der Waals surface area (Å²) in [6, 6.07) is 0.295. The molecule has 1 aromatic heterocycles. The topological polar surface area (TPSA) is 52.0 Å². The van der Waals surface area contributed by atoms with Gasteiger partial charge in [0, 0.05) is 6.42 Å². The van der Waals surface area contributed by atoms with Crippen LogP contribution in [0.25, 0.3) is 0 Å². The molecule has 2 N–H and O–H groups in total. The molecule has 1 aliphatic rings. The van der Waals surface area contributed by atoms with Crippen LogP contribution in [0.2, 0.25) is 0 Å². The van der Waals surface area contributed by atoms with Gasteiger partial charge in [0.1, 0.15) is 5.76 Å². The molecule has 1 aromatic rings. The van der Waals surface area contributed by atoms with Crippen molar-refractivity contribution in [1.29, 1.82) is 0 Å². The van der Waals surface area contributed by atoms with Gasteiger partial charge in [0.25, 0.3) is 6.01 Å². The third-order valence-electron chi connectivity index (χ3n) is 3.10. The number of nitrogen functional groups attached to an aromatic ring is 1. The second-order valence-electron chi connectivity index (χ2n) is 4.21. The standard InChI is InChI=1S/C11H18N2O/c12-11-13-8-10(14-11)7-6-9-4-2-1-3-5-9/h8-9H,1-7H2,(H2,12,13). The smallest absolute Gasteiger partial charge is 0.292 e. The number of nitrogens with two attached hydrogens (primary N) is 1. The van der Waals surface area contributed by atoms with Crippen LogP contribution in [0.5, 0.6) is 0 Å².